The number of unbranched alkanes of at least 4 members (excludes halogenated alkanes) is 1. The second kappa shape index (κ2) is 7.70. The highest BCUT2D eigenvalue weighted by atomic mass is 16.1. The second-order valence-corrected chi connectivity index (χ2v) is 4.76. The number of carbonyl (C=O) groups is 1. The highest BCUT2D eigenvalue weighted by Crippen LogP contribution is 2.09. The largest absolute Gasteiger partial charge is 0.388 e. The van der Waals surface area contributed by atoms with Crippen LogP contribution < -0.4 is 5.32 Å². The van der Waals surface area contributed by atoms with Crippen LogP contribution in [0.1, 0.15) is 44.0 Å². The maximum Gasteiger partial charge on any atom is 0.187 e. The molecule has 1 N–H and O–H groups in total. The molecule has 0 heterocycles. The Morgan fingerprint density at radius 2 is 1.94 bits per heavy atom. The van der Waals surface area contributed by atoms with E-state index < -0.39 is 0 Å². The summed E-state index contributed by atoms with van der Waals surface area (Å²) in [6.07, 6.45) is 4.02. The van der Waals surface area contributed by atoms with E-state index in [4.69, 9.17) is 0 Å². The second-order valence-electron chi connectivity index (χ2n) is 4.76. The van der Waals surface area contributed by atoms with E-state index in [-0.39, 0.29) is 5.78 Å². The van der Waals surface area contributed by atoms with Crippen molar-refractivity contribution in [3.63, 3.8) is 0 Å². The number of allylic oxidation sites excluding steroid dienone is 2. The van der Waals surface area contributed by atoms with Gasteiger partial charge in [-0.05, 0) is 12.3 Å². The van der Waals surface area contributed by atoms with Crippen molar-refractivity contribution in [1.82, 2.24) is 5.32 Å². The topological polar surface area (TPSA) is 29.1 Å². The number of carbonyl (C=O) groups excluding carboxylic acids is 1. The molecule has 0 fully saturated rings. The third-order valence-electron chi connectivity index (χ3n) is 2.83. The smallest absolute Gasteiger partial charge is 0.187 e. The van der Waals surface area contributed by atoms with Gasteiger partial charge in [-0.3, -0.25) is 4.79 Å². The zero-order valence-corrected chi connectivity index (χ0v) is 11.6. The normalized spacial score (nSPS) is 11.7. The average molecular weight is 245 g/mol. The van der Waals surface area contributed by atoms with Crippen molar-refractivity contribution in [1.29, 1.82) is 0 Å². The van der Waals surface area contributed by atoms with Crippen molar-refractivity contribution in [2.45, 2.75) is 33.6 Å². The fourth-order valence-electron chi connectivity index (χ4n) is 1.66. The van der Waals surface area contributed by atoms with Gasteiger partial charge in [-0.2, -0.15) is 0 Å². The van der Waals surface area contributed by atoms with E-state index in [0.717, 1.165) is 30.6 Å². The summed E-state index contributed by atoms with van der Waals surface area (Å²) in [5, 5.41) is 3.36. The van der Waals surface area contributed by atoms with Crippen LogP contribution in [0.25, 0.3) is 0 Å². The van der Waals surface area contributed by atoms with Crippen LogP contribution in [0, 0.1) is 5.92 Å². The number of hydrogen-bond acceptors (Lipinski definition) is 2. The lowest BCUT2D eigenvalue weighted by atomic mass is 10.1. The first-order chi connectivity index (χ1) is 8.65. The summed E-state index contributed by atoms with van der Waals surface area (Å²) in [5.74, 6) is 0.415. The average Bonchev–Trinajstić information content (AvgIpc) is 2.38. The Morgan fingerprint density at radius 1 is 1.28 bits per heavy atom. The summed E-state index contributed by atoms with van der Waals surface area (Å²) in [7, 11) is 0. The van der Waals surface area contributed by atoms with Crippen LogP contribution in [0.3, 0.4) is 0 Å². The molecule has 0 amide bonds. The first kappa shape index (κ1) is 14.5. The summed E-state index contributed by atoms with van der Waals surface area (Å²) in [5.41, 5.74) is 1.77. The molecule has 2 nitrogen and oxygen atoms in total. The van der Waals surface area contributed by atoms with Gasteiger partial charge in [0.2, 0.25) is 0 Å². The molecule has 0 unspecified atom stereocenters. The molecule has 1 aromatic carbocycles. The summed E-state index contributed by atoms with van der Waals surface area (Å²) >= 11 is 0. The van der Waals surface area contributed by atoms with E-state index >= 15 is 0 Å². The molecule has 0 aromatic heterocycles. The Balaban J connectivity index is 2.72. The van der Waals surface area contributed by atoms with Gasteiger partial charge in [-0.15, -0.1) is 0 Å². The molecule has 0 bridgehead atoms. The first-order valence-corrected chi connectivity index (χ1v) is 6.70. The van der Waals surface area contributed by atoms with E-state index in [1.54, 1.807) is 6.08 Å². The first-order valence-electron chi connectivity index (χ1n) is 6.70. The Bertz CT molecular complexity index is 393. The van der Waals surface area contributed by atoms with Crippen LogP contribution in [0.15, 0.2) is 42.1 Å². The fraction of sp³-hybridized carbons (Fsp3) is 0.438. The van der Waals surface area contributed by atoms with E-state index in [2.05, 4.69) is 26.1 Å². The third-order valence-corrected chi connectivity index (χ3v) is 2.83. The molecule has 0 atom stereocenters. The highest BCUT2D eigenvalue weighted by molar-refractivity contribution is 6.04. The van der Waals surface area contributed by atoms with Crippen molar-refractivity contribution >= 4 is 5.78 Å². The van der Waals surface area contributed by atoms with Gasteiger partial charge in [-0.1, -0.05) is 57.5 Å². The highest BCUT2D eigenvalue weighted by Gasteiger charge is 2.07. The minimum Gasteiger partial charge on any atom is -0.388 e. The number of nitrogens with one attached hydrogen (secondary N) is 1. The number of rotatable bonds is 7. The number of hydrogen-bond donors (Lipinski definition) is 1. The van der Waals surface area contributed by atoms with Crippen LogP contribution in [-0.2, 0) is 0 Å². The molecule has 0 saturated carbocycles. The summed E-state index contributed by atoms with van der Waals surface area (Å²) in [4.78, 5) is 12.1. The van der Waals surface area contributed by atoms with Crippen LogP contribution in [0.4, 0.5) is 0 Å². The summed E-state index contributed by atoms with van der Waals surface area (Å²) in [6, 6.07) is 9.40. The van der Waals surface area contributed by atoms with Crippen molar-refractivity contribution < 1.29 is 4.79 Å². The fourth-order valence-corrected chi connectivity index (χ4v) is 1.66. The van der Waals surface area contributed by atoms with Crippen LogP contribution in [0.2, 0.25) is 0 Å². The van der Waals surface area contributed by atoms with Gasteiger partial charge >= 0.3 is 0 Å². The van der Waals surface area contributed by atoms with Gasteiger partial charge in [0.1, 0.15) is 0 Å². The molecule has 18 heavy (non-hydrogen) atoms. The van der Waals surface area contributed by atoms with E-state index in [1.807, 2.05) is 30.3 Å². The molecule has 98 valence electrons. The van der Waals surface area contributed by atoms with Crippen molar-refractivity contribution in [2.75, 3.05) is 6.54 Å². The van der Waals surface area contributed by atoms with Crippen LogP contribution >= 0.6 is 0 Å². The molecule has 0 radical (unpaired) electrons. The molecule has 0 aliphatic heterocycles. The molecule has 2 heteroatoms. The van der Waals surface area contributed by atoms with Gasteiger partial charge < -0.3 is 5.32 Å². The SMILES string of the molecule is CCCCN/C(=C\C(=O)c1ccccc1)C(C)C. The third kappa shape index (κ3) is 4.74. The minimum atomic E-state index is 0.0725. The van der Waals surface area contributed by atoms with E-state index in [0.29, 0.717) is 5.92 Å². The molecule has 1 aromatic rings. The molecular weight excluding hydrogens is 222 g/mol. The Hall–Kier alpha value is -1.57. The molecule has 0 aliphatic carbocycles. The maximum atomic E-state index is 12.1. The van der Waals surface area contributed by atoms with Gasteiger partial charge in [0.25, 0.3) is 0 Å². The Kier molecular flexibility index (Phi) is 6.20. The predicted octanol–water partition coefficient (Wildman–Crippen LogP) is 3.80. The number of benzene rings is 1. The predicted molar refractivity (Wildman–Crippen MR) is 76.6 cm³/mol. The summed E-state index contributed by atoms with van der Waals surface area (Å²) < 4.78 is 0. The van der Waals surface area contributed by atoms with Crippen LogP contribution in [-0.4, -0.2) is 12.3 Å². The van der Waals surface area contributed by atoms with Gasteiger partial charge in [0, 0.05) is 23.9 Å². The van der Waals surface area contributed by atoms with E-state index in [9.17, 15) is 4.79 Å². The summed E-state index contributed by atoms with van der Waals surface area (Å²) in [6.45, 7) is 7.30. The van der Waals surface area contributed by atoms with Crippen molar-refractivity contribution in [3.05, 3.63) is 47.7 Å². The zero-order valence-electron chi connectivity index (χ0n) is 11.6. The standard InChI is InChI=1S/C16H23NO/c1-4-5-11-17-15(13(2)3)12-16(18)14-9-7-6-8-10-14/h6-10,12-13,17H,4-5,11H2,1-3H3/b15-12-. The zero-order chi connectivity index (χ0) is 13.4. The molecule has 0 aliphatic rings. The molecule has 1 rings (SSSR count). The van der Waals surface area contributed by atoms with Gasteiger partial charge in [-0.25, -0.2) is 0 Å². The lowest BCUT2D eigenvalue weighted by Gasteiger charge is -2.14. The maximum absolute atomic E-state index is 12.1. The van der Waals surface area contributed by atoms with Crippen LogP contribution in [0.5, 0.6) is 0 Å². The Morgan fingerprint density at radius 3 is 2.50 bits per heavy atom. The quantitative estimate of drug-likeness (QED) is 0.450. The van der Waals surface area contributed by atoms with E-state index in [1.165, 1.54) is 0 Å². The van der Waals surface area contributed by atoms with Gasteiger partial charge in [0.15, 0.2) is 5.78 Å². The monoisotopic (exact) mass is 245 g/mol. The van der Waals surface area contributed by atoms with Gasteiger partial charge in [0.05, 0.1) is 0 Å². The van der Waals surface area contributed by atoms with Crippen molar-refractivity contribution in [3.8, 4) is 0 Å². The molecular formula is C16H23NO. The lowest BCUT2D eigenvalue weighted by Crippen LogP contribution is -2.20. The lowest BCUT2D eigenvalue weighted by molar-refractivity contribution is 0.104. The van der Waals surface area contributed by atoms with Crippen molar-refractivity contribution in [2.24, 2.45) is 5.92 Å². The number of ketones is 1. The molecule has 0 saturated heterocycles. The minimum absolute atomic E-state index is 0.0725. The Labute approximate surface area is 110 Å². The molecule has 0 spiro atoms.